The van der Waals surface area contributed by atoms with E-state index < -0.39 is 16.9 Å². The van der Waals surface area contributed by atoms with Crippen LogP contribution < -0.4 is 5.32 Å². The number of rotatable bonds is 5. The quantitative estimate of drug-likeness (QED) is 0.349. The summed E-state index contributed by atoms with van der Waals surface area (Å²) in [6.45, 7) is 0. The third-order valence-electron chi connectivity index (χ3n) is 4.54. The van der Waals surface area contributed by atoms with E-state index in [1.807, 2.05) is 60.7 Å². The summed E-state index contributed by atoms with van der Waals surface area (Å²) in [7, 11) is 0. The van der Waals surface area contributed by atoms with Crippen molar-refractivity contribution in [1.82, 2.24) is 5.32 Å². The summed E-state index contributed by atoms with van der Waals surface area (Å²) in [5.74, 6) is -0.0648. The van der Waals surface area contributed by atoms with Crippen LogP contribution in [-0.2, 0) is 0 Å². The Balaban J connectivity index is 1.75. The van der Waals surface area contributed by atoms with Crippen molar-refractivity contribution in [3.05, 3.63) is 111 Å². The molecule has 144 valence electrons. The fourth-order valence-corrected chi connectivity index (χ4v) is 3.33. The molecular formula is C22H15ClN2O4. The van der Waals surface area contributed by atoms with Gasteiger partial charge in [-0.1, -0.05) is 60.1 Å². The molecule has 3 aromatic carbocycles. The number of benzene rings is 3. The molecule has 1 amide bonds. The van der Waals surface area contributed by atoms with Crippen LogP contribution in [0.4, 0.5) is 5.69 Å². The van der Waals surface area contributed by atoms with Gasteiger partial charge in [-0.05, 0) is 29.8 Å². The van der Waals surface area contributed by atoms with Crippen LogP contribution in [0, 0.1) is 10.1 Å². The Bertz CT molecular complexity index is 1170. The van der Waals surface area contributed by atoms with E-state index in [1.54, 1.807) is 0 Å². The summed E-state index contributed by atoms with van der Waals surface area (Å²) in [6, 6.07) is 22.0. The first-order valence-electron chi connectivity index (χ1n) is 8.81. The summed E-state index contributed by atoms with van der Waals surface area (Å²) in [6.07, 6.45) is 0. The molecule has 29 heavy (non-hydrogen) atoms. The fourth-order valence-electron chi connectivity index (χ4n) is 3.17. The van der Waals surface area contributed by atoms with E-state index in [1.165, 1.54) is 12.1 Å². The highest BCUT2D eigenvalue weighted by Crippen LogP contribution is 2.30. The minimum atomic E-state index is -0.625. The van der Waals surface area contributed by atoms with E-state index >= 15 is 0 Å². The largest absolute Gasteiger partial charge is 0.459 e. The van der Waals surface area contributed by atoms with Gasteiger partial charge in [0.1, 0.15) is 22.9 Å². The number of nitro groups is 1. The van der Waals surface area contributed by atoms with Gasteiger partial charge in [-0.25, -0.2) is 0 Å². The number of para-hydroxylation sites is 1. The zero-order chi connectivity index (χ0) is 20.4. The van der Waals surface area contributed by atoms with E-state index in [4.69, 9.17) is 16.0 Å². The molecule has 1 unspecified atom stereocenters. The summed E-state index contributed by atoms with van der Waals surface area (Å²) in [5, 5.41) is 15.3. The van der Waals surface area contributed by atoms with Crippen molar-refractivity contribution in [2.45, 2.75) is 6.04 Å². The smallest absolute Gasteiger partial charge is 0.283 e. The molecule has 0 bridgehead atoms. The van der Waals surface area contributed by atoms with Gasteiger partial charge in [0.15, 0.2) is 0 Å². The maximum Gasteiger partial charge on any atom is 0.283 e. The van der Waals surface area contributed by atoms with E-state index in [0.29, 0.717) is 11.3 Å². The number of fused-ring (bicyclic) bond motifs is 1. The molecule has 1 aromatic heterocycles. The Morgan fingerprint density at radius 1 is 1.00 bits per heavy atom. The van der Waals surface area contributed by atoms with Gasteiger partial charge in [0.25, 0.3) is 11.6 Å². The highest BCUT2D eigenvalue weighted by molar-refractivity contribution is 6.31. The average molecular weight is 407 g/mol. The van der Waals surface area contributed by atoms with Crippen LogP contribution in [0.15, 0.2) is 83.3 Å². The number of nitrogens with zero attached hydrogens (tertiary/aromatic N) is 1. The van der Waals surface area contributed by atoms with Gasteiger partial charge in [0.05, 0.1) is 4.92 Å². The van der Waals surface area contributed by atoms with E-state index in [0.717, 1.165) is 17.0 Å². The number of halogens is 1. The Hall–Kier alpha value is -3.64. The molecule has 0 fully saturated rings. The van der Waals surface area contributed by atoms with Crippen molar-refractivity contribution in [3.8, 4) is 0 Å². The molecule has 0 aliphatic heterocycles. The van der Waals surface area contributed by atoms with Crippen LogP contribution in [0.2, 0.25) is 5.02 Å². The molecule has 0 aliphatic rings. The Morgan fingerprint density at radius 2 is 1.72 bits per heavy atom. The van der Waals surface area contributed by atoms with Crippen LogP contribution in [0.5, 0.6) is 0 Å². The molecule has 0 saturated heterocycles. The lowest BCUT2D eigenvalue weighted by Crippen LogP contribution is -2.29. The van der Waals surface area contributed by atoms with Gasteiger partial charge in [0, 0.05) is 16.5 Å². The molecule has 0 spiro atoms. The number of carbonyl (C=O) groups is 1. The average Bonchev–Trinajstić information content (AvgIpc) is 3.16. The topological polar surface area (TPSA) is 85.4 Å². The minimum absolute atomic E-state index is 0.0727. The molecule has 1 atom stereocenters. The van der Waals surface area contributed by atoms with Crippen molar-refractivity contribution in [3.63, 3.8) is 0 Å². The second-order valence-corrected chi connectivity index (χ2v) is 6.86. The number of carbonyl (C=O) groups excluding carboxylic acids is 1. The van der Waals surface area contributed by atoms with Crippen LogP contribution in [0.25, 0.3) is 11.0 Å². The van der Waals surface area contributed by atoms with E-state index in [-0.39, 0.29) is 16.3 Å². The lowest BCUT2D eigenvalue weighted by atomic mass is 10.0. The number of nitrogens with one attached hydrogen (secondary N) is 1. The predicted molar refractivity (Wildman–Crippen MR) is 110 cm³/mol. The van der Waals surface area contributed by atoms with Crippen LogP contribution in [0.1, 0.15) is 27.7 Å². The van der Waals surface area contributed by atoms with Crippen LogP contribution >= 0.6 is 11.6 Å². The summed E-state index contributed by atoms with van der Waals surface area (Å²) in [4.78, 5) is 23.7. The maximum atomic E-state index is 13.0. The minimum Gasteiger partial charge on any atom is -0.459 e. The van der Waals surface area contributed by atoms with Crippen molar-refractivity contribution in [2.75, 3.05) is 0 Å². The second-order valence-electron chi connectivity index (χ2n) is 6.42. The molecule has 1 heterocycles. The first-order valence-corrected chi connectivity index (χ1v) is 9.19. The maximum absolute atomic E-state index is 13.0. The number of furan rings is 1. The van der Waals surface area contributed by atoms with Gasteiger partial charge in [-0.15, -0.1) is 0 Å². The Morgan fingerprint density at radius 3 is 2.45 bits per heavy atom. The summed E-state index contributed by atoms with van der Waals surface area (Å²) in [5.41, 5.74) is 1.05. The molecule has 4 aromatic rings. The van der Waals surface area contributed by atoms with Crippen molar-refractivity contribution in [2.24, 2.45) is 0 Å². The van der Waals surface area contributed by atoms with Gasteiger partial charge in [0.2, 0.25) is 0 Å². The summed E-state index contributed by atoms with van der Waals surface area (Å²) >= 11 is 5.86. The Kier molecular flexibility index (Phi) is 5.01. The molecule has 0 aliphatic carbocycles. The highest BCUT2D eigenvalue weighted by Gasteiger charge is 2.26. The third-order valence-corrected chi connectivity index (χ3v) is 4.77. The van der Waals surface area contributed by atoms with Crippen molar-refractivity contribution >= 4 is 34.2 Å². The molecule has 4 rings (SSSR count). The number of hydrogen-bond donors (Lipinski definition) is 1. The third kappa shape index (κ3) is 3.83. The molecule has 0 saturated carbocycles. The molecule has 0 radical (unpaired) electrons. The van der Waals surface area contributed by atoms with Crippen LogP contribution in [-0.4, -0.2) is 10.8 Å². The first kappa shape index (κ1) is 18.7. The SMILES string of the molecule is O=C(NC(c1ccccc1)c1cc2ccccc2o1)c1ccc(Cl)cc1[N+](=O)[O-]. The Labute approximate surface area is 170 Å². The zero-order valence-electron chi connectivity index (χ0n) is 15.0. The number of hydrogen-bond acceptors (Lipinski definition) is 4. The van der Waals surface area contributed by atoms with Crippen molar-refractivity contribution < 1.29 is 14.1 Å². The van der Waals surface area contributed by atoms with Gasteiger partial charge in [-0.3, -0.25) is 14.9 Å². The fraction of sp³-hybridized carbons (Fsp3) is 0.0455. The van der Waals surface area contributed by atoms with E-state index in [2.05, 4.69) is 5.32 Å². The highest BCUT2D eigenvalue weighted by atomic mass is 35.5. The standard InChI is InChI=1S/C22H15ClN2O4/c23-16-10-11-17(18(13-16)25(27)28)22(26)24-21(14-6-2-1-3-7-14)20-12-15-8-4-5-9-19(15)29-20/h1-13,21H,(H,24,26). The van der Waals surface area contributed by atoms with Gasteiger partial charge < -0.3 is 9.73 Å². The van der Waals surface area contributed by atoms with Crippen molar-refractivity contribution in [1.29, 1.82) is 0 Å². The number of amides is 1. The van der Waals surface area contributed by atoms with Gasteiger partial charge in [-0.2, -0.15) is 0 Å². The molecule has 1 N–H and O–H groups in total. The lowest BCUT2D eigenvalue weighted by molar-refractivity contribution is -0.385. The van der Waals surface area contributed by atoms with Gasteiger partial charge >= 0.3 is 0 Å². The first-order chi connectivity index (χ1) is 14.0. The molecule has 7 heteroatoms. The van der Waals surface area contributed by atoms with E-state index in [9.17, 15) is 14.9 Å². The van der Waals surface area contributed by atoms with Crippen LogP contribution in [0.3, 0.4) is 0 Å². The lowest BCUT2D eigenvalue weighted by Gasteiger charge is -2.17. The molecule has 6 nitrogen and oxygen atoms in total. The number of nitro benzene ring substituents is 1. The summed E-state index contributed by atoms with van der Waals surface area (Å²) < 4.78 is 5.95. The predicted octanol–water partition coefficient (Wildman–Crippen LogP) is 5.51. The second kappa shape index (κ2) is 7.77. The molecular weight excluding hydrogens is 392 g/mol. The monoisotopic (exact) mass is 406 g/mol. The normalized spacial score (nSPS) is 11.9. The zero-order valence-corrected chi connectivity index (χ0v) is 15.8.